The highest BCUT2D eigenvalue weighted by molar-refractivity contribution is 7.80. The summed E-state index contributed by atoms with van der Waals surface area (Å²) in [6.07, 6.45) is 5.39. The Kier molecular flexibility index (Phi) is 5.24. The van der Waals surface area contributed by atoms with Crippen LogP contribution in [0.25, 0.3) is 43.9 Å². The molecule has 0 spiro atoms. The fourth-order valence-corrected chi connectivity index (χ4v) is 4.61. The van der Waals surface area contributed by atoms with Gasteiger partial charge in [-0.1, -0.05) is 24.3 Å². The van der Waals surface area contributed by atoms with Crippen molar-refractivity contribution in [2.45, 2.75) is 0 Å². The van der Waals surface area contributed by atoms with Crippen LogP contribution in [0.2, 0.25) is 0 Å². The normalized spacial score (nSPS) is 11.2. The van der Waals surface area contributed by atoms with Crippen molar-refractivity contribution in [2.75, 3.05) is 16.8 Å². The first-order valence-electron chi connectivity index (χ1n) is 11.2. The fourth-order valence-electron chi connectivity index (χ4n) is 4.31. The molecule has 0 aliphatic heterocycles. The molecular formula is C28H20N6S. The van der Waals surface area contributed by atoms with E-state index < -0.39 is 0 Å². The Morgan fingerprint density at radius 2 is 1.46 bits per heavy atom. The van der Waals surface area contributed by atoms with E-state index in [1.165, 1.54) is 0 Å². The van der Waals surface area contributed by atoms with Crippen molar-refractivity contribution in [1.29, 1.82) is 0 Å². The van der Waals surface area contributed by atoms with Gasteiger partial charge < -0.3 is 10.2 Å². The minimum atomic E-state index is 0.580. The van der Waals surface area contributed by atoms with Crippen molar-refractivity contribution < 1.29 is 0 Å². The predicted molar refractivity (Wildman–Crippen MR) is 148 cm³/mol. The van der Waals surface area contributed by atoms with Crippen LogP contribution in [0, 0.1) is 0 Å². The molecule has 6 nitrogen and oxygen atoms in total. The van der Waals surface area contributed by atoms with Gasteiger partial charge in [-0.15, -0.1) is 6.58 Å². The van der Waals surface area contributed by atoms with Gasteiger partial charge in [-0.2, -0.15) is 0 Å². The maximum atomic E-state index is 5.74. The molecule has 35 heavy (non-hydrogen) atoms. The zero-order valence-electron chi connectivity index (χ0n) is 18.7. The average Bonchev–Trinajstić information content (AvgIpc) is 2.91. The van der Waals surface area contributed by atoms with Gasteiger partial charge in [0.15, 0.2) is 5.11 Å². The first kappa shape index (κ1) is 21.1. The number of fused-ring (bicyclic) bond motifs is 7. The van der Waals surface area contributed by atoms with Crippen molar-refractivity contribution >= 4 is 72.6 Å². The van der Waals surface area contributed by atoms with Crippen LogP contribution in [0.4, 0.5) is 11.4 Å². The maximum absolute atomic E-state index is 5.74. The third-order valence-electron chi connectivity index (χ3n) is 5.89. The number of hydrogen-bond donors (Lipinski definition) is 1. The largest absolute Gasteiger partial charge is 0.332 e. The quantitative estimate of drug-likeness (QED) is 0.140. The molecule has 0 amide bonds. The molecule has 0 aliphatic rings. The number of para-hydroxylation sites is 1. The van der Waals surface area contributed by atoms with E-state index >= 15 is 0 Å². The lowest BCUT2D eigenvalue weighted by atomic mass is 10.1. The Balaban J connectivity index is 1.46. The molecule has 0 unspecified atom stereocenters. The van der Waals surface area contributed by atoms with Gasteiger partial charge in [0.1, 0.15) is 0 Å². The standard InChI is InChI=1S/C28H20N6S/c1-2-16-34(19-8-4-3-5-9-19)28(35)31-18-12-13-22-23(17-18)33-27-21-11-7-15-30-25(21)24-20(26(27)32-22)10-6-14-29-24/h2-15,17H,1,16H2,(H,31,35). The molecule has 0 atom stereocenters. The summed E-state index contributed by atoms with van der Waals surface area (Å²) in [5, 5.41) is 5.80. The number of benzene rings is 3. The van der Waals surface area contributed by atoms with Crippen LogP contribution in [0.1, 0.15) is 0 Å². The molecule has 0 saturated heterocycles. The molecule has 7 heteroatoms. The molecule has 0 aliphatic carbocycles. The number of anilines is 2. The lowest BCUT2D eigenvalue weighted by Crippen LogP contribution is -2.34. The van der Waals surface area contributed by atoms with E-state index in [1.54, 1.807) is 12.4 Å². The van der Waals surface area contributed by atoms with E-state index in [2.05, 4.69) is 21.9 Å². The van der Waals surface area contributed by atoms with Crippen molar-refractivity contribution in [3.8, 4) is 0 Å². The zero-order chi connectivity index (χ0) is 23.8. The number of pyridine rings is 2. The first-order chi connectivity index (χ1) is 17.2. The summed E-state index contributed by atoms with van der Waals surface area (Å²) in [7, 11) is 0. The highest BCUT2D eigenvalue weighted by atomic mass is 32.1. The lowest BCUT2D eigenvalue weighted by Gasteiger charge is -2.24. The van der Waals surface area contributed by atoms with Crippen LogP contribution in [0.3, 0.4) is 0 Å². The number of nitrogens with zero attached hydrogens (tertiary/aromatic N) is 5. The second kappa shape index (κ2) is 8.70. The second-order valence-corrected chi connectivity index (χ2v) is 8.48. The summed E-state index contributed by atoms with van der Waals surface area (Å²) in [6.45, 7) is 4.47. The molecule has 168 valence electrons. The van der Waals surface area contributed by atoms with E-state index in [9.17, 15) is 0 Å². The van der Waals surface area contributed by atoms with Gasteiger partial charge in [0, 0.05) is 41.1 Å². The Morgan fingerprint density at radius 3 is 2.11 bits per heavy atom. The number of nitrogens with one attached hydrogen (secondary N) is 1. The molecule has 6 rings (SSSR count). The molecule has 6 aromatic rings. The third kappa shape index (κ3) is 3.72. The smallest absolute Gasteiger partial charge is 0.178 e. The number of hydrogen-bond acceptors (Lipinski definition) is 5. The molecule has 0 saturated carbocycles. The van der Waals surface area contributed by atoms with Gasteiger partial charge in [0.2, 0.25) is 0 Å². The van der Waals surface area contributed by atoms with Crippen LogP contribution in [-0.2, 0) is 0 Å². The zero-order valence-corrected chi connectivity index (χ0v) is 19.5. The monoisotopic (exact) mass is 472 g/mol. The van der Waals surface area contributed by atoms with Gasteiger partial charge in [-0.05, 0) is 66.8 Å². The SMILES string of the molecule is C=CCN(C(=S)Nc1ccc2nc3c4cccnc4c4ncccc4c3nc2c1)c1ccccc1. The van der Waals surface area contributed by atoms with Crippen LogP contribution in [-0.4, -0.2) is 31.6 Å². The third-order valence-corrected chi connectivity index (χ3v) is 6.21. The maximum Gasteiger partial charge on any atom is 0.178 e. The number of thiocarbonyl (C=S) groups is 1. The van der Waals surface area contributed by atoms with Crippen molar-refractivity contribution in [3.05, 3.63) is 97.8 Å². The van der Waals surface area contributed by atoms with Crippen molar-refractivity contribution in [3.63, 3.8) is 0 Å². The molecule has 1 N–H and O–H groups in total. The Hall–Kier alpha value is -4.49. The van der Waals surface area contributed by atoms with E-state index in [4.69, 9.17) is 22.2 Å². The molecule has 0 bridgehead atoms. The Bertz CT molecular complexity index is 1750. The predicted octanol–water partition coefficient (Wildman–Crippen LogP) is 6.27. The summed E-state index contributed by atoms with van der Waals surface area (Å²) >= 11 is 5.74. The molecule has 0 radical (unpaired) electrons. The van der Waals surface area contributed by atoms with Gasteiger partial charge in [-0.3, -0.25) is 9.97 Å². The van der Waals surface area contributed by atoms with Crippen LogP contribution >= 0.6 is 12.2 Å². The van der Waals surface area contributed by atoms with E-state index in [-0.39, 0.29) is 0 Å². The molecule has 3 heterocycles. The van der Waals surface area contributed by atoms with E-state index in [1.807, 2.05) is 83.8 Å². The lowest BCUT2D eigenvalue weighted by molar-refractivity contribution is 1.15. The topological polar surface area (TPSA) is 66.8 Å². The highest BCUT2D eigenvalue weighted by Gasteiger charge is 2.15. The molecule has 3 aromatic carbocycles. The van der Waals surface area contributed by atoms with Crippen LogP contribution < -0.4 is 10.2 Å². The number of aromatic nitrogens is 4. The summed E-state index contributed by atoms with van der Waals surface area (Å²) < 4.78 is 0. The van der Waals surface area contributed by atoms with Crippen LogP contribution in [0.5, 0.6) is 0 Å². The average molecular weight is 473 g/mol. The fraction of sp³-hybridized carbons (Fsp3) is 0.0357. The van der Waals surface area contributed by atoms with Gasteiger partial charge in [0.25, 0.3) is 0 Å². The number of rotatable bonds is 4. The molecular weight excluding hydrogens is 452 g/mol. The summed E-state index contributed by atoms with van der Waals surface area (Å²) in [5.74, 6) is 0. The Morgan fingerprint density at radius 1 is 0.800 bits per heavy atom. The van der Waals surface area contributed by atoms with Crippen molar-refractivity contribution in [1.82, 2.24) is 19.9 Å². The minimum absolute atomic E-state index is 0.580. The van der Waals surface area contributed by atoms with Gasteiger partial charge in [-0.25, -0.2) is 9.97 Å². The van der Waals surface area contributed by atoms with Gasteiger partial charge in [0.05, 0.1) is 33.1 Å². The second-order valence-electron chi connectivity index (χ2n) is 8.09. The van der Waals surface area contributed by atoms with Crippen LogP contribution in [0.15, 0.2) is 97.8 Å². The van der Waals surface area contributed by atoms with E-state index in [0.29, 0.717) is 11.7 Å². The summed E-state index contributed by atoms with van der Waals surface area (Å²) in [4.78, 5) is 21.2. The van der Waals surface area contributed by atoms with Gasteiger partial charge >= 0.3 is 0 Å². The first-order valence-corrected chi connectivity index (χ1v) is 11.6. The summed E-state index contributed by atoms with van der Waals surface area (Å²) in [6, 6.07) is 23.8. The minimum Gasteiger partial charge on any atom is -0.332 e. The van der Waals surface area contributed by atoms with Crippen molar-refractivity contribution in [2.24, 2.45) is 0 Å². The Labute approximate surface area is 207 Å². The molecule has 3 aromatic heterocycles. The molecule has 0 fully saturated rings. The van der Waals surface area contributed by atoms with E-state index in [0.717, 1.165) is 55.2 Å². The highest BCUT2D eigenvalue weighted by Crippen LogP contribution is 2.32. The summed E-state index contributed by atoms with van der Waals surface area (Å²) in [5.41, 5.74) is 6.68.